The van der Waals surface area contributed by atoms with Crippen LogP contribution < -0.4 is 0 Å². The van der Waals surface area contributed by atoms with E-state index in [1.165, 1.54) is 60.4 Å². The van der Waals surface area contributed by atoms with Crippen LogP contribution in [0.3, 0.4) is 0 Å². The normalized spacial score (nSPS) is 13.0. The molecule has 47 heavy (non-hydrogen) atoms. The summed E-state index contributed by atoms with van der Waals surface area (Å²) in [5.41, 5.74) is 12.3. The summed E-state index contributed by atoms with van der Waals surface area (Å²) >= 11 is 0. The molecular weight excluding hydrogens is 571 g/mol. The first-order chi connectivity index (χ1) is 23.3. The van der Waals surface area contributed by atoms with Gasteiger partial charge in [-0.2, -0.15) is 5.26 Å². The van der Waals surface area contributed by atoms with Gasteiger partial charge in [0.1, 0.15) is 0 Å². The molecule has 0 radical (unpaired) electrons. The second kappa shape index (κ2) is 10.9. The lowest BCUT2D eigenvalue weighted by Crippen LogP contribution is -1.97. The Hall–Kier alpha value is -6.37. The minimum absolute atomic E-state index is 0.654. The topological polar surface area (TPSA) is 33.6 Å². The second-order valence-electron chi connectivity index (χ2n) is 12.0. The van der Waals surface area contributed by atoms with E-state index >= 15 is 0 Å². The molecule has 8 aromatic rings. The molecular formula is C44H29N3. The van der Waals surface area contributed by atoms with Gasteiger partial charge in [0.25, 0.3) is 0 Å². The number of benzene rings is 6. The van der Waals surface area contributed by atoms with Gasteiger partial charge in [0.05, 0.1) is 33.7 Å². The average molecular weight is 600 g/mol. The van der Waals surface area contributed by atoms with Gasteiger partial charge in [0.15, 0.2) is 0 Å². The third-order valence-electron chi connectivity index (χ3n) is 9.37. The van der Waals surface area contributed by atoms with Gasteiger partial charge in [-0.1, -0.05) is 97.1 Å². The van der Waals surface area contributed by atoms with Crippen LogP contribution in [0.25, 0.3) is 71.7 Å². The fourth-order valence-electron chi connectivity index (χ4n) is 7.22. The summed E-state index contributed by atoms with van der Waals surface area (Å²) < 4.78 is 4.71. The molecule has 1 aliphatic carbocycles. The fourth-order valence-corrected chi connectivity index (χ4v) is 7.22. The molecule has 0 atom stereocenters. The molecule has 3 heteroatoms. The van der Waals surface area contributed by atoms with Crippen molar-refractivity contribution in [1.29, 1.82) is 5.26 Å². The van der Waals surface area contributed by atoms with Gasteiger partial charge in [-0.05, 0) is 89.9 Å². The van der Waals surface area contributed by atoms with E-state index in [0.29, 0.717) is 5.56 Å². The highest BCUT2D eigenvalue weighted by Crippen LogP contribution is 2.40. The van der Waals surface area contributed by atoms with Gasteiger partial charge >= 0.3 is 0 Å². The Kier molecular flexibility index (Phi) is 6.26. The van der Waals surface area contributed by atoms with E-state index in [1.807, 2.05) is 12.1 Å². The fraction of sp³-hybridized carbons (Fsp3) is 0.0227. The highest BCUT2D eigenvalue weighted by Gasteiger charge is 2.19. The van der Waals surface area contributed by atoms with Crippen LogP contribution in [0.1, 0.15) is 17.5 Å². The molecule has 3 nitrogen and oxygen atoms in total. The maximum atomic E-state index is 9.49. The Morgan fingerprint density at radius 2 is 1.19 bits per heavy atom. The average Bonchev–Trinajstić information content (AvgIpc) is 3.49. The van der Waals surface area contributed by atoms with Gasteiger partial charge in [-0.15, -0.1) is 0 Å². The smallest absolute Gasteiger partial charge is 0.0991 e. The predicted octanol–water partition coefficient (Wildman–Crippen LogP) is 11.3. The zero-order valence-corrected chi connectivity index (χ0v) is 25.6. The number of rotatable bonds is 4. The number of para-hydroxylation sites is 3. The molecule has 6 aromatic carbocycles. The van der Waals surface area contributed by atoms with Crippen LogP contribution in [-0.4, -0.2) is 9.13 Å². The molecule has 1 aliphatic rings. The van der Waals surface area contributed by atoms with Crippen LogP contribution in [0.2, 0.25) is 0 Å². The molecule has 9 rings (SSSR count). The first kappa shape index (κ1) is 27.0. The van der Waals surface area contributed by atoms with Crippen molar-refractivity contribution >= 4 is 49.2 Å². The van der Waals surface area contributed by atoms with E-state index in [-0.39, 0.29) is 0 Å². The van der Waals surface area contributed by atoms with E-state index in [0.717, 1.165) is 23.3 Å². The van der Waals surface area contributed by atoms with Crippen molar-refractivity contribution in [1.82, 2.24) is 9.13 Å². The van der Waals surface area contributed by atoms with Gasteiger partial charge < -0.3 is 9.13 Å². The van der Waals surface area contributed by atoms with Crippen molar-refractivity contribution in [2.45, 2.75) is 6.42 Å². The van der Waals surface area contributed by atoms with Gasteiger partial charge in [0.2, 0.25) is 0 Å². The molecule has 0 bridgehead atoms. The summed E-state index contributed by atoms with van der Waals surface area (Å²) in [6, 6.07) is 49.8. The molecule has 0 fully saturated rings. The van der Waals surface area contributed by atoms with E-state index in [1.54, 1.807) is 0 Å². The Balaban J connectivity index is 1.28. The first-order valence-electron chi connectivity index (χ1n) is 16.0. The standard InChI is InChI=1S/C44H29N3/c45-29-30-19-23-35(24-20-30)47-43-26-22-33(28-40(43)38-17-10-16-36(44(38)47)31-11-4-1-2-5-12-31)32-21-25-42-39(27-32)37-15-8-9-18-41(37)46(42)34-13-6-3-7-14-34/h1-4,6-28H,5H2. The van der Waals surface area contributed by atoms with E-state index in [4.69, 9.17) is 0 Å². The van der Waals surface area contributed by atoms with E-state index in [9.17, 15) is 5.26 Å². The van der Waals surface area contributed by atoms with Gasteiger partial charge in [0, 0.05) is 38.5 Å². The summed E-state index contributed by atoms with van der Waals surface area (Å²) in [6.45, 7) is 0. The molecule has 0 unspecified atom stereocenters. The Morgan fingerprint density at radius 1 is 0.532 bits per heavy atom. The van der Waals surface area contributed by atoms with Crippen molar-refractivity contribution in [2.75, 3.05) is 0 Å². The minimum Gasteiger partial charge on any atom is -0.309 e. The number of allylic oxidation sites excluding steroid dienone is 6. The summed E-state index contributed by atoms with van der Waals surface area (Å²) in [6.07, 6.45) is 11.8. The predicted molar refractivity (Wildman–Crippen MR) is 196 cm³/mol. The van der Waals surface area contributed by atoms with Crippen molar-refractivity contribution in [3.8, 4) is 28.6 Å². The summed E-state index contributed by atoms with van der Waals surface area (Å²) in [5, 5.41) is 14.4. The van der Waals surface area contributed by atoms with E-state index < -0.39 is 0 Å². The Morgan fingerprint density at radius 3 is 1.98 bits per heavy atom. The van der Waals surface area contributed by atoms with Crippen molar-refractivity contribution < 1.29 is 0 Å². The molecule has 2 aromatic heterocycles. The summed E-state index contributed by atoms with van der Waals surface area (Å²) in [5.74, 6) is 0. The first-order valence-corrected chi connectivity index (χ1v) is 16.0. The van der Waals surface area contributed by atoms with Crippen LogP contribution >= 0.6 is 0 Å². The number of nitrogens with zero attached hydrogens (tertiary/aromatic N) is 3. The van der Waals surface area contributed by atoms with Crippen LogP contribution in [0.5, 0.6) is 0 Å². The molecule has 0 saturated heterocycles. The highest BCUT2D eigenvalue weighted by molar-refractivity contribution is 6.14. The second-order valence-corrected chi connectivity index (χ2v) is 12.0. The largest absolute Gasteiger partial charge is 0.309 e. The third kappa shape index (κ3) is 4.35. The third-order valence-corrected chi connectivity index (χ3v) is 9.37. The molecule has 0 N–H and O–H groups in total. The van der Waals surface area contributed by atoms with Gasteiger partial charge in [-0.25, -0.2) is 0 Å². The quantitative estimate of drug-likeness (QED) is 0.198. The molecule has 2 heterocycles. The van der Waals surface area contributed by atoms with Gasteiger partial charge in [-0.3, -0.25) is 0 Å². The maximum Gasteiger partial charge on any atom is 0.0991 e. The van der Waals surface area contributed by atoms with Crippen LogP contribution in [0, 0.1) is 11.3 Å². The van der Waals surface area contributed by atoms with E-state index in [2.05, 4.69) is 167 Å². The lowest BCUT2D eigenvalue weighted by atomic mass is 9.99. The van der Waals surface area contributed by atoms with Crippen LogP contribution in [0.4, 0.5) is 0 Å². The number of aromatic nitrogens is 2. The van der Waals surface area contributed by atoms with Crippen molar-refractivity contribution in [2.24, 2.45) is 0 Å². The molecule has 0 aliphatic heterocycles. The SMILES string of the molecule is N#Cc1ccc(-n2c3ccc(-c4ccc5c(c4)c4ccccc4n5-c4ccccc4)cc3c3cccc(C4=CCC=CC=C4)c32)cc1. The summed E-state index contributed by atoms with van der Waals surface area (Å²) in [7, 11) is 0. The number of fused-ring (bicyclic) bond motifs is 6. The zero-order valence-electron chi connectivity index (χ0n) is 25.6. The molecule has 220 valence electrons. The molecule has 0 spiro atoms. The number of nitriles is 1. The lowest BCUT2D eigenvalue weighted by Gasteiger charge is -2.12. The van der Waals surface area contributed by atoms with Crippen molar-refractivity contribution in [3.63, 3.8) is 0 Å². The minimum atomic E-state index is 0.654. The maximum absolute atomic E-state index is 9.49. The Labute approximate surface area is 272 Å². The highest BCUT2D eigenvalue weighted by atomic mass is 15.0. The number of hydrogen-bond donors (Lipinski definition) is 0. The monoisotopic (exact) mass is 599 g/mol. The van der Waals surface area contributed by atoms with Crippen LogP contribution in [-0.2, 0) is 0 Å². The zero-order chi connectivity index (χ0) is 31.3. The van der Waals surface area contributed by atoms with Crippen molar-refractivity contribution in [3.05, 3.63) is 175 Å². The number of hydrogen-bond acceptors (Lipinski definition) is 1. The molecule has 0 saturated carbocycles. The Bertz CT molecular complexity index is 2640. The summed E-state index contributed by atoms with van der Waals surface area (Å²) in [4.78, 5) is 0. The van der Waals surface area contributed by atoms with Crippen LogP contribution in [0.15, 0.2) is 164 Å². The molecule has 0 amide bonds. The lowest BCUT2D eigenvalue weighted by molar-refractivity contribution is 1.17.